The number of halogens is 1. The molecular weight excluding hydrogens is 456 g/mol. The molecule has 0 atom stereocenters. The fourth-order valence-corrected chi connectivity index (χ4v) is 4.66. The topological polar surface area (TPSA) is 72.8 Å². The lowest BCUT2D eigenvalue weighted by Crippen LogP contribution is -2.05. The zero-order valence-corrected chi connectivity index (χ0v) is 19.2. The number of fused-ring (bicyclic) bond motifs is 1. The monoisotopic (exact) mass is 474 g/mol. The van der Waals surface area contributed by atoms with E-state index in [9.17, 15) is 4.79 Å². The molecule has 0 fully saturated rings. The highest BCUT2D eigenvalue weighted by atomic mass is 35.5. The van der Waals surface area contributed by atoms with Crippen molar-refractivity contribution in [1.82, 2.24) is 19.7 Å². The van der Waals surface area contributed by atoms with Crippen molar-refractivity contribution in [3.8, 4) is 22.8 Å². The van der Waals surface area contributed by atoms with Crippen LogP contribution in [0.1, 0.15) is 10.4 Å². The number of ether oxygens (including phenoxy) is 1. The van der Waals surface area contributed by atoms with E-state index in [1.807, 2.05) is 77.4 Å². The highest BCUT2D eigenvalue weighted by Gasteiger charge is 2.20. The fraction of sp³-hybridized carbons (Fsp3) is 0.0800. The zero-order valence-electron chi connectivity index (χ0n) is 17.7. The third-order valence-corrected chi connectivity index (χ3v) is 6.47. The standard InChI is InChI=1S/C25H19ClN4O2S/c1-32-23-9-5-3-7-19(23)24-28-29-25(30(24)17-12-10-16(26)11-13-17)33-15-22(31)20-14-27-21-8-4-2-6-18(20)21/h2-14,27H,15H2,1H3. The molecule has 0 radical (unpaired) electrons. The lowest BCUT2D eigenvalue weighted by molar-refractivity contribution is 0.102. The Morgan fingerprint density at radius 1 is 1.03 bits per heavy atom. The van der Waals surface area contributed by atoms with Crippen molar-refractivity contribution in [2.75, 3.05) is 12.9 Å². The van der Waals surface area contributed by atoms with Gasteiger partial charge in [-0.2, -0.15) is 0 Å². The second-order valence-corrected chi connectivity index (χ2v) is 8.66. The van der Waals surface area contributed by atoms with Gasteiger partial charge < -0.3 is 9.72 Å². The second kappa shape index (κ2) is 9.13. The highest BCUT2D eigenvalue weighted by Crippen LogP contribution is 2.34. The molecule has 0 aliphatic rings. The first-order valence-corrected chi connectivity index (χ1v) is 11.6. The van der Waals surface area contributed by atoms with Crippen molar-refractivity contribution in [2.24, 2.45) is 0 Å². The molecule has 5 rings (SSSR count). The second-order valence-electron chi connectivity index (χ2n) is 7.28. The summed E-state index contributed by atoms with van der Waals surface area (Å²) in [6, 6.07) is 22.8. The number of benzene rings is 3. The van der Waals surface area contributed by atoms with Gasteiger partial charge in [0.15, 0.2) is 16.8 Å². The number of methoxy groups -OCH3 is 1. The Balaban J connectivity index is 1.51. The maximum Gasteiger partial charge on any atom is 0.196 e. The van der Waals surface area contributed by atoms with E-state index in [1.165, 1.54) is 11.8 Å². The average molecular weight is 475 g/mol. The largest absolute Gasteiger partial charge is 0.496 e. The predicted octanol–water partition coefficient (Wildman–Crippen LogP) is 6.05. The highest BCUT2D eigenvalue weighted by molar-refractivity contribution is 7.99. The van der Waals surface area contributed by atoms with Crippen LogP contribution in [-0.4, -0.2) is 38.4 Å². The van der Waals surface area contributed by atoms with Crippen LogP contribution in [0.25, 0.3) is 28.0 Å². The lowest BCUT2D eigenvalue weighted by atomic mass is 10.1. The van der Waals surface area contributed by atoms with Crippen LogP contribution < -0.4 is 4.74 Å². The molecule has 0 spiro atoms. The van der Waals surface area contributed by atoms with Crippen LogP contribution in [0.3, 0.4) is 0 Å². The van der Waals surface area contributed by atoms with Crippen LogP contribution >= 0.6 is 23.4 Å². The number of carbonyl (C=O) groups excluding carboxylic acids is 1. The van der Waals surface area contributed by atoms with Gasteiger partial charge in [0.05, 0.1) is 18.4 Å². The summed E-state index contributed by atoms with van der Waals surface area (Å²) in [6.07, 6.45) is 1.76. The summed E-state index contributed by atoms with van der Waals surface area (Å²) in [5, 5.41) is 11.0. The normalized spacial score (nSPS) is 11.1. The fourth-order valence-electron chi connectivity index (χ4n) is 3.70. The number of Topliss-reactive ketones (excluding diaryl/α,β-unsaturated/α-hetero) is 1. The first-order valence-electron chi connectivity index (χ1n) is 10.2. The van der Waals surface area contributed by atoms with E-state index in [0.717, 1.165) is 22.2 Å². The third-order valence-electron chi connectivity index (χ3n) is 5.29. The molecule has 0 amide bonds. The number of rotatable bonds is 7. The van der Waals surface area contributed by atoms with Gasteiger partial charge in [0, 0.05) is 33.4 Å². The van der Waals surface area contributed by atoms with Crippen molar-refractivity contribution < 1.29 is 9.53 Å². The summed E-state index contributed by atoms with van der Waals surface area (Å²) < 4.78 is 7.46. The number of nitrogens with one attached hydrogen (secondary N) is 1. The van der Waals surface area contributed by atoms with Gasteiger partial charge in [0.25, 0.3) is 0 Å². The van der Waals surface area contributed by atoms with Crippen LogP contribution in [-0.2, 0) is 0 Å². The van der Waals surface area contributed by atoms with E-state index in [4.69, 9.17) is 16.3 Å². The van der Waals surface area contributed by atoms with Crippen LogP contribution in [0.2, 0.25) is 5.02 Å². The Hall–Kier alpha value is -3.55. The molecule has 2 aromatic heterocycles. The molecule has 5 aromatic rings. The SMILES string of the molecule is COc1ccccc1-c1nnc(SCC(=O)c2c[nH]c3ccccc23)n1-c1ccc(Cl)cc1. The summed E-state index contributed by atoms with van der Waals surface area (Å²) in [4.78, 5) is 16.2. The number of nitrogens with zero attached hydrogens (tertiary/aromatic N) is 3. The number of thioether (sulfide) groups is 1. The first-order chi connectivity index (χ1) is 16.2. The van der Waals surface area contributed by atoms with Gasteiger partial charge in [-0.15, -0.1) is 10.2 Å². The van der Waals surface area contributed by atoms with Crippen molar-refractivity contribution in [3.63, 3.8) is 0 Å². The molecule has 0 aliphatic heterocycles. The summed E-state index contributed by atoms with van der Waals surface area (Å²) in [6.45, 7) is 0. The molecule has 0 saturated carbocycles. The number of hydrogen-bond donors (Lipinski definition) is 1. The molecular formula is C25H19ClN4O2S. The van der Waals surface area contributed by atoms with Gasteiger partial charge in [-0.3, -0.25) is 9.36 Å². The Kier molecular flexibility index (Phi) is 5.90. The van der Waals surface area contributed by atoms with Crippen LogP contribution in [0, 0.1) is 0 Å². The molecule has 0 bridgehead atoms. The maximum atomic E-state index is 13.0. The molecule has 33 heavy (non-hydrogen) atoms. The van der Waals surface area contributed by atoms with Crippen LogP contribution in [0.5, 0.6) is 5.75 Å². The number of aromatic nitrogens is 4. The Labute approximate surface area is 199 Å². The predicted molar refractivity (Wildman–Crippen MR) is 132 cm³/mol. The lowest BCUT2D eigenvalue weighted by Gasteiger charge is -2.12. The number of H-pyrrole nitrogens is 1. The molecule has 1 N–H and O–H groups in total. The average Bonchev–Trinajstić information content (AvgIpc) is 3.47. The van der Waals surface area contributed by atoms with Gasteiger partial charge >= 0.3 is 0 Å². The van der Waals surface area contributed by atoms with E-state index < -0.39 is 0 Å². The molecule has 0 aliphatic carbocycles. The number of hydrogen-bond acceptors (Lipinski definition) is 5. The summed E-state index contributed by atoms with van der Waals surface area (Å²) in [7, 11) is 1.62. The first kappa shape index (κ1) is 21.3. The van der Waals surface area contributed by atoms with Crippen molar-refractivity contribution >= 4 is 40.0 Å². The van der Waals surface area contributed by atoms with Crippen molar-refractivity contribution in [1.29, 1.82) is 0 Å². The van der Waals surface area contributed by atoms with Crippen molar-refractivity contribution in [3.05, 3.63) is 89.6 Å². The molecule has 6 nitrogen and oxygen atoms in total. The molecule has 3 aromatic carbocycles. The minimum Gasteiger partial charge on any atom is -0.496 e. The van der Waals surface area contributed by atoms with E-state index >= 15 is 0 Å². The molecule has 0 unspecified atom stereocenters. The van der Waals surface area contributed by atoms with Gasteiger partial charge in [-0.1, -0.05) is 53.7 Å². The summed E-state index contributed by atoms with van der Waals surface area (Å²) in [5.41, 5.74) is 3.25. The Morgan fingerprint density at radius 2 is 1.79 bits per heavy atom. The summed E-state index contributed by atoms with van der Waals surface area (Å²) in [5.74, 6) is 1.55. The van der Waals surface area contributed by atoms with Gasteiger partial charge in [0.1, 0.15) is 5.75 Å². The zero-order chi connectivity index (χ0) is 22.8. The molecule has 164 valence electrons. The number of para-hydroxylation sites is 2. The van der Waals surface area contributed by atoms with Gasteiger partial charge in [-0.25, -0.2) is 0 Å². The van der Waals surface area contributed by atoms with E-state index in [0.29, 0.717) is 27.3 Å². The smallest absolute Gasteiger partial charge is 0.196 e. The minimum absolute atomic E-state index is 0.0157. The maximum absolute atomic E-state index is 13.0. The minimum atomic E-state index is 0.0157. The van der Waals surface area contributed by atoms with E-state index in [-0.39, 0.29) is 11.5 Å². The Morgan fingerprint density at radius 3 is 2.61 bits per heavy atom. The Bertz CT molecular complexity index is 1440. The van der Waals surface area contributed by atoms with Gasteiger partial charge in [0.2, 0.25) is 0 Å². The number of aromatic amines is 1. The number of ketones is 1. The van der Waals surface area contributed by atoms with Crippen LogP contribution in [0.15, 0.2) is 84.1 Å². The number of carbonyl (C=O) groups is 1. The van der Waals surface area contributed by atoms with E-state index in [1.54, 1.807) is 13.3 Å². The molecule has 8 heteroatoms. The quantitative estimate of drug-likeness (QED) is 0.229. The van der Waals surface area contributed by atoms with Crippen LogP contribution in [0.4, 0.5) is 0 Å². The molecule has 2 heterocycles. The van der Waals surface area contributed by atoms with Gasteiger partial charge in [-0.05, 0) is 42.5 Å². The third kappa shape index (κ3) is 4.13. The summed E-state index contributed by atoms with van der Waals surface area (Å²) >= 11 is 7.45. The van der Waals surface area contributed by atoms with Crippen molar-refractivity contribution in [2.45, 2.75) is 5.16 Å². The van der Waals surface area contributed by atoms with E-state index in [2.05, 4.69) is 15.2 Å². The molecule has 0 saturated heterocycles.